The Morgan fingerprint density at radius 1 is 1.15 bits per heavy atom. The monoisotopic (exact) mass is 332 g/mol. The van der Waals surface area contributed by atoms with Gasteiger partial charge in [-0.05, 0) is 36.6 Å². The van der Waals surface area contributed by atoms with E-state index in [0.717, 1.165) is 23.0 Å². The summed E-state index contributed by atoms with van der Waals surface area (Å²) >= 11 is 3.61. The van der Waals surface area contributed by atoms with Crippen LogP contribution < -0.4 is 10.6 Å². The molecule has 0 spiro atoms. The van der Waals surface area contributed by atoms with Gasteiger partial charge in [-0.1, -0.05) is 52.3 Å². The van der Waals surface area contributed by atoms with Gasteiger partial charge in [0.25, 0.3) is 0 Å². The minimum atomic E-state index is 0.0491. The van der Waals surface area contributed by atoms with Crippen LogP contribution in [-0.4, -0.2) is 13.6 Å². The first kappa shape index (κ1) is 15.1. The average molecular weight is 333 g/mol. The lowest BCUT2D eigenvalue weighted by Gasteiger charge is -2.21. The Labute approximate surface area is 129 Å². The van der Waals surface area contributed by atoms with E-state index in [1.165, 1.54) is 11.3 Å². The summed E-state index contributed by atoms with van der Waals surface area (Å²) < 4.78 is 1.08. The SMILES string of the molecule is C[C@H](N)c1ccc(N(C)CCc2ccccc2)cc1Br. The van der Waals surface area contributed by atoms with Gasteiger partial charge in [0.05, 0.1) is 0 Å². The molecular formula is C17H21BrN2. The molecule has 1 atom stereocenters. The van der Waals surface area contributed by atoms with E-state index in [1.54, 1.807) is 0 Å². The van der Waals surface area contributed by atoms with Crippen LogP contribution in [0.1, 0.15) is 24.1 Å². The molecular weight excluding hydrogens is 312 g/mol. The van der Waals surface area contributed by atoms with Crippen LogP contribution in [0.25, 0.3) is 0 Å². The third kappa shape index (κ3) is 3.84. The molecule has 0 amide bonds. The molecule has 0 aliphatic heterocycles. The van der Waals surface area contributed by atoms with Crippen LogP contribution in [0.4, 0.5) is 5.69 Å². The Hall–Kier alpha value is -1.32. The lowest BCUT2D eigenvalue weighted by molar-refractivity contribution is 0.811. The maximum atomic E-state index is 5.93. The molecule has 0 saturated carbocycles. The highest BCUT2D eigenvalue weighted by Gasteiger charge is 2.08. The third-order valence-corrected chi connectivity index (χ3v) is 4.18. The van der Waals surface area contributed by atoms with Gasteiger partial charge < -0.3 is 10.6 Å². The molecule has 2 rings (SSSR count). The van der Waals surface area contributed by atoms with Gasteiger partial charge in [-0.3, -0.25) is 0 Å². The van der Waals surface area contributed by atoms with Crippen LogP contribution in [0.15, 0.2) is 53.0 Å². The van der Waals surface area contributed by atoms with Crippen molar-refractivity contribution in [3.05, 3.63) is 64.1 Å². The molecule has 0 unspecified atom stereocenters. The second kappa shape index (κ2) is 6.91. The van der Waals surface area contributed by atoms with Gasteiger partial charge in [-0.25, -0.2) is 0 Å². The molecule has 2 aromatic rings. The first-order chi connectivity index (χ1) is 9.58. The van der Waals surface area contributed by atoms with Crippen molar-refractivity contribution in [2.45, 2.75) is 19.4 Å². The first-order valence-corrected chi connectivity index (χ1v) is 7.67. The van der Waals surface area contributed by atoms with Crippen LogP contribution in [0.2, 0.25) is 0 Å². The summed E-state index contributed by atoms with van der Waals surface area (Å²) in [6.45, 7) is 2.99. The van der Waals surface area contributed by atoms with E-state index in [2.05, 4.69) is 76.4 Å². The van der Waals surface area contributed by atoms with Crippen molar-refractivity contribution >= 4 is 21.6 Å². The minimum absolute atomic E-state index is 0.0491. The van der Waals surface area contributed by atoms with E-state index >= 15 is 0 Å². The van der Waals surface area contributed by atoms with Gasteiger partial charge in [0.1, 0.15) is 0 Å². The zero-order valence-electron chi connectivity index (χ0n) is 12.0. The first-order valence-electron chi connectivity index (χ1n) is 6.88. The molecule has 0 aliphatic carbocycles. The third-order valence-electron chi connectivity index (χ3n) is 3.49. The van der Waals surface area contributed by atoms with Gasteiger partial charge >= 0.3 is 0 Å². The fraction of sp³-hybridized carbons (Fsp3) is 0.294. The maximum Gasteiger partial charge on any atom is 0.0375 e. The van der Waals surface area contributed by atoms with Crippen molar-refractivity contribution in [2.75, 3.05) is 18.5 Å². The molecule has 2 aromatic carbocycles. The zero-order valence-corrected chi connectivity index (χ0v) is 13.6. The highest BCUT2D eigenvalue weighted by atomic mass is 79.9. The summed E-state index contributed by atoms with van der Waals surface area (Å²) in [5, 5.41) is 0. The van der Waals surface area contributed by atoms with Crippen LogP contribution in [0.3, 0.4) is 0 Å². The molecule has 0 saturated heterocycles. The number of hydrogen-bond donors (Lipinski definition) is 1. The molecule has 2 nitrogen and oxygen atoms in total. The normalized spacial score (nSPS) is 12.2. The van der Waals surface area contributed by atoms with Gasteiger partial charge in [0, 0.05) is 29.8 Å². The van der Waals surface area contributed by atoms with Crippen LogP contribution >= 0.6 is 15.9 Å². The molecule has 2 N–H and O–H groups in total. The predicted octanol–water partition coefficient (Wildman–Crippen LogP) is 4.15. The predicted molar refractivity (Wildman–Crippen MR) is 90.2 cm³/mol. The summed E-state index contributed by atoms with van der Waals surface area (Å²) in [6.07, 6.45) is 1.05. The molecule has 20 heavy (non-hydrogen) atoms. The number of nitrogens with zero attached hydrogens (tertiary/aromatic N) is 1. The van der Waals surface area contributed by atoms with Crippen molar-refractivity contribution in [1.29, 1.82) is 0 Å². The molecule has 3 heteroatoms. The summed E-state index contributed by atoms with van der Waals surface area (Å²) in [4.78, 5) is 2.27. The van der Waals surface area contributed by atoms with E-state index < -0.39 is 0 Å². The summed E-state index contributed by atoms with van der Waals surface area (Å²) in [6, 6.07) is 17.0. The van der Waals surface area contributed by atoms with Gasteiger partial charge in [0.15, 0.2) is 0 Å². The largest absolute Gasteiger partial charge is 0.374 e. The zero-order chi connectivity index (χ0) is 14.5. The van der Waals surface area contributed by atoms with Gasteiger partial charge in [-0.15, -0.1) is 0 Å². The topological polar surface area (TPSA) is 29.3 Å². The summed E-state index contributed by atoms with van der Waals surface area (Å²) in [5.74, 6) is 0. The van der Waals surface area contributed by atoms with Crippen molar-refractivity contribution in [1.82, 2.24) is 0 Å². The molecule has 0 radical (unpaired) electrons. The quantitative estimate of drug-likeness (QED) is 0.891. The maximum absolute atomic E-state index is 5.93. The van der Waals surface area contributed by atoms with Crippen LogP contribution in [-0.2, 0) is 6.42 Å². The van der Waals surface area contributed by atoms with Crippen LogP contribution in [0.5, 0.6) is 0 Å². The van der Waals surface area contributed by atoms with E-state index in [9.17, 15) is 0 Å². The number of anilines is 1. The number of nitrogens with two attached hydrogens (primary N) is 1. The highest BCUT2D eigenvalue weighted by molar-refractivity contribution is 9.10. The second-order valence-corrected chi connectivity index (χ2v) is 6.01. The van der Waals surface area contributed by atoms with Crippen LogP contribution in [0, 0.1) is 0 Å². The van der Waals surface area contributed by atoms with E-state index in [-0.39, 0.29) is 6.04 Å². The highest BCUT2D eigenvalue weighted by Crippen LogP contribution is 2.27. The Morgan fingerprint density at radius 3 is 2.45 bits per heavy atom. The summed E-state index contributed by atoms with van der Waals surface area (Å²) in [5.41, 5.74) is 9.65. The lowest BCUT2D eigenvalue weighted by atomic mass is 10.1. The molecule has 0 aromatic heterocycles. The fourth-order valence-corrected chi connectivity index (χ4v) is 2.92. The molecule has 0 heterocycles. The Kier molecular flexibility index (Phi) is 5.21. The van der Waals surface area contributed by atoms with Gasteiger partial charge in [0.2, 0.25) is 0 Å². The number of likely N-dealkylation sites (N-methyl/N-ethyl adjacent to an activating group) is 1. The van der Waals surface area contributed by atoms with E-state index in [0.29, 0.717) is 0 Å². The smallest absolute Gasteiger partial charge is 0.0375 e. The summed E-state index contributed by atoms with van der Waals surface area (Å²) in [7, 11) is 2.12. The van der Waals surface area contributed by atoms with Crippen molar-refractivity contribution in [3.63, 3.8) is 0 Å². The Balaban J connectivity index is 2.02. The Bertz CT molecular complexity index is 552. The lowest BCUT2D eigenvalue weighted by Crippen LogP contribution is -2.20. The van der Waals surface area contributed by atoms with Crippen molar-refractivity contribution < 1.29 is 0 Å². The van der Waals surface area contributed by atoms with Gasteiger partial charge in [-0.2, -0.15) is 0 Å². The molecule has 0 fully saturated rings. The average Bonchev–Trinajstić information content (AvgIpc) is 2.45. The molecule has 0 bridgehead atoms. The second-order valence-electron chi connectivity index (χ2n) is 5.15. The molecule has 106 valence electrons. The van der Waals surface area contributed by atoms with Crippen molar-refractivity contribution in [2.24, 2.45) is 5.73 Å². The van der Waals surface area contributed by atoms with E-state index in [4.69, 9.17) is 5.73 Å². The molecule has 0 aliphatic rings. The standard InChI is InChI=1S/C17H21BrN2/c1-13(19)16-9-8-15(12-17(16)18)20(2)11-10-14-6-4-3-5-7-14/h3-9,12-13H,10-11,19H2,1-2H3/t13-/m0/s1. The Morgan fingerprint density at radius 2 is 1.85 bits per heavy atom. The fourth-order valence-electron chi connectivity index (χ4n) is 2.19. The van der Waals surface area contributed by atoms with Crippen molar-refractivity contribution in [3.8, 4) is 0 Å². The number of hydrogen-bond acceptors (Lipinski definition) is 2. The minimum Gasteiger partial charge on any atom is -0.374 e. The number of benzene rings is 2. The van der Waals surface area contributed by atoms with E-state index in [1.807, 2.05) is 6.92 Å². The number of rotatable bonds is 5. The number of halogens is 1.